The molecule has 2 aromatic heterocycles. The van der Waals surface area contributed by atoms with E-state index in [1.807, 2.05) is 49.2 Å². The van der Waals surface area contributed by atoms with Crippen molar-refractivity contribution in [2.75, 3.05) is 11.9 Å². The number of rotatable bonds is 4. The summed E-state index contributed by atoms with van der Waals surface area (Å²) in [7, 11) is 2.02. The average Bonchev–Trinajstić information content (AvgIpc) is 2.96. The van der Waals surface area contributed by atoms with Crippen molar-refractivity contribution in [3.63, 3.8) is 0 Å². The second-order valence-electron chi connectivity index (χ2n) is 4.69. The molecule has 0 radical (unpaired) electrons. The number of imidazole rings is 1. The third-order valence-electron chi connectivity index (χ3n) is 3.17. The van der Waals surface area contributed by atoms with Gasteiger partial charge in [0, 0.05) is 19.8 Å². The van der Waals surface area contributed by atoms with Crippen LogP contribution >= 0.6 is 0 Å². The van der Waals surface area contributed by atoms with Gasteiger partial charge in [0.1, 0.15) is 0 Å². The molecule has 0 bridgehead atoms. The molecular formula is C14H17N5. The molecule has 0 atom stereocenters. The maximum Gasteiger partial charge on any atom is 0.203 e. The fourth-order valence-corrected chi connectivity index (χ4v) is 2.18. The summed E-state index contributed by atoms with van der Waals surface area (Å²) >= 11 is 0. The first kappa shape index (κ1) is 11.8. The molecule has 2 heterocycles. The van der Waals surface area contributed by atoms with Gasteiger partial charge in [-0.25, -0.2) is 4.98 Å². The van der Waals surface area contributed by atoms with Crippen LogP contribution in [-0.2, 0) is 13.6 Å². The summed E-state index contributed by atoms with van der Waals surface area (Å²) in [5.41, 5.74) is 3.34. The molecule has 5 nitrogen and oxygen atoms in total. The second-order valence-corrected chi connectivity index (χ2v) is 4.69. The molecule has 0 spiro atoms. The monoisotopic (exact) mass is 255 g/mol. The lowest BCUT2D eigenvalue weighted by Gasteiger charge is -2.06. The number of fused-ring (bicyclic) bond motifs is 1. The first-order valence-electron chi connectivity index (χ1n) is 6.38. The van der Waals surface area contributed by atoms with Gasteiger partial charge in [0.25, 0.3) is 0 Å². The molecule has 19 heavy (non-hydrogen) atoms. The zero-order valence-electron chi connectivity index (χ0n) is 11.2. The van der Waals surface area contributed by atoms with Crippen LogP contribution in [0.15, 0.2) is 36.7 Å². The number of anilines is 1. The maximum atomic E-state index is 4.57. The summed E-state index contributed by atoms with van der Waals surface area (Å²) in [5, 5.41) is 7.61. The van der Waals surface area contributed by atoms with Crippen LogP contribution in [0.2, 0.25) is 0 Å². The molecule has 0 aliphatic carbocycles. The minimum Gasteiger partial charge on any atom is -0.354 e. The van der Waals surface area contributed by atoms with Crippen LogP contribution in [-0.4, -0.2) is 25.9 Å². The minimum atomic E-state index is 0.804. The first-order chi connectivity index (χ1) is 9.24. The molecule has 1 N–H and O–H groups in total. The third kappa shape index (κ3) is 2.31. The topological polar surface area (TPSA) is 47.7 Å². The Kier molecular flexibility index (Phi) is 2.95. The summed E-state index contributed by atoms with van der Waals surface area (Å²) in [4.78, 5) is 4.57. The second kappa shape index (κ2) is 4.76. The summed E-state index contributed by atoms with van der Waals surface area (Å²) < 4.78 is 4.01. The van der Waals surface area contributed by atoms with Crippen molar-refractivity contribution >= 4 is 17.0 Å². The highest BCUT2D eigenvalue weighted by Crippen LogP contribution is 2.17. The predicted molar refractivity (Wildman–Crippen MR) is 76.2 cm³/mol. The van der Waals surface area contributed by atoms with Crippen LogP contribution < -0.4 is 5.32 Å². The smallest absolute Gasteiger partial charge is 0.203 e. The van der Waals surface area contributed by atoms with Gasteiger partial charge in [0.15, 0.2) is 0 Å². The number of nitrogens with one attached hydrogen (secondary N) is 1. The van der Waals surface area contributed by atoms with E-state index < -0.39 is 0 Å². The van der Waals surface area contributed by atoms with Crippen molar-refractivity contribution in [2.24, 2.45) is 7.05 Å². The maximum absolute atomic E-state index is 4.57. The first-order valence-corrected chi connectivity index (χ1v) is 6.38. The van der Waals surface area contributed by atoms with Crippen molar-refractivity contribution in [1.82, 2.24) is 19.3 Å². The number of aromatic nitrogens is 4. The van der Waals surface area contributed by atoms with E-state index >= 15 is 0 Å². The van der Waals surface area contributed by atoms with Crippen molar-refractivity contribution in [1.29, 1.82) is 0 Å². The molecule has 98 valence electrons. The van der Waals surface area contributed by atoms with Gasteiger partial charge in [-0.2, -0.15) is 5.10 Å². The number of nitrogens with zero attached hydrogens (tertiary/aromatic N) is 4. The fraction of sp³-hybridized carbons (Fsp3) is 0.286. The van der Waals surface area contributed by atoms with E-state index in [1.54, 1.807) is 0 Å². The van der Waals surface area contributed by atoms with Gasteiger partial charge in [-0.3, -0.25) is 4.68 Å². The highest BCUT2D eigenvalue weighted by atomic mass is 15.3. The zero-order valence-corrected chi connectivity index (χ0v) is 11.2. The van der Waals surface area contributed by atoms with Crippen molar-refractivity contribution in [3.8, 4) is 0 Å². The summed E-state index contributed by atoms with van der Waals surface area (Å²) in [6.07, 6.45) is 3.91. The number of para-hydroxylation sites is 2. The van der Waals surface area contributed by atoms with E-state index in [0.717, 1.165) is 30.1 Å². The molecule has 0 amide bonds. The quantitative estimate of drug-likeness (QED) is 0.777. The SMILES string of the molecule is Cc1cnn(CCNc2nc3ccccc3n2C)c1. The van der Waals surface area contributed by atoms with Crippen LogP contribution in [0.5, 0.6) is 0 Å². The molecule has 0 saturated carbocycles. The van der Waals surface area contributed by atoms with Gasteiger partial charge >= 0.3 is 0 Å². The number of aryl methyl sites for hydroxylation is 2. The predicted octanol–water partition coefficient (Wildman–Crippen LogP) is 2.19. The molecule has 1 aromatic carbocycles. The molecule has 3 aromatic rings. The van der Waals surface area contributed by atoms with E-state index in [-0.39, 0.29) is 0 Å². The van der Waals surface area contributed by atoms with Gasteiger partial charge in [-0.05, 0) is 24.6 Å². The fourth-order valence-electron chi connectivity index (χ4n) is 2.18. The largest absolute Gasteiger partial charge is 0.354 e. The van der Waals surface area contributed by atoms with Gasteiger partial charge in [-0.1, -0.05) is 12.1 Å². The molecule has 5 heteroatoms. The number of hydrogen-bond acceptors (Lipinski definition) is 3. The summed E-state index contributed by atoms with van der Waals surface area (Å²) in [6.45, 7) is 3.68. The summed E-state index contributed by atoms with van der Waals surface area (Å²) in [6, 6.07) is 8.13. The molecule has 0 unspecified atom stereocenters. The van der Waals surface area contributed by atoms with Gasteiger partial charge in [0.05, 0.1) is 23.8 Å². The molecular weight excluding hydrogens is 238 g/mol. The van der Waals surface area contributed by atoms with Gasteiger partial charge in [-0.15, -0.1) is 0 Å². The van der Waals surface area contributed by atoms with Crippen LogP contribution in [0.25, 0.3) is 11.0 Å². The molecule has 0 aliphatic heterocycles. The third-order valence-corrected chi connectivity index (χ3v) is 3.17. The highest BCUT2D eigenvalue weighted by molar-refractivity contribution is 5.78. The van der Waals surface area contributed by atoms with E-state index in [9.17, 15) is 0 Å². The van der Waals surface area contributed by atoms with Crippen LogP contribution in [0.4, 0.5) is 5.95 Å². The lowest BCUT2D eigenvalue weighted by Crippen LogP contribution is -2.13. The zero-order chi connectivity index (χ0) is 13.2. The van der Waals surface area contributed by atoms with E-state index in [0.29, 0.717) is 0 Å². The van der Waals surface area contributed by atoms with Crippen molar-refractivity contribution in [3.05, 3.63) is 42.2 Å². The average molecular weight is 255 g/mol. The Labute approximate surface area is 111 Å². The van der Waals surface area contributed by atoms with E-state index in [1.165, 1.54) is 5.56 Å². The Hall–Kier alpha value is -2.30. The van der Waals surface area contributed by atoms with E-state index in [2.05, 4.69) is 26.0 Å². The number of hydrogen-bond donors (Lipinski definition) is 1. The molecule has 0 saturated heterocycles. The van der Waals surface area contributed by atoms with E-state index in [4.69, 9.17) is 0 Å². The van der Waals surface area contributed by atoms with Crippen molar-refractivity contribution in [2.45, 2.75) is 13.5 Å². The standard InChI is InChI=1S/C14H17N5/c1-11-9-16-19(10-11)8-7-15-14-17-12-5-3-4-6-13(12)18(14)2/h3-6,9-10H,7-8H2,1-2H3,(H,15,17). The minimum absolute atomic E-state index is 0.804. The van der Waals surface area contributed by atoms with Crippen LogP contribution in [0.1, 0.15) is 5.56 Å². The lowest BCUT2D eigenvalue weighted by atomic mass is 10.3. The molecule has 3 rings (SSSR count). The number of benzene rings is 1. The Morgan fingerprint density at radius 2 is 2.11 bits per heavy atom. The Morgan fingerprint density at radius 3 is 2.84 bits per heavy atom. The Bertz CT molecular complexity index is 695. The van der Waals surface area contributed by atoms with Crippen LogP contribution in [0, 0.1) is 6.92 Å². The lowest BCUT2D eigenvalue weighted by molar-refractivity contribution is 0.634. The molecule has 0 fully saturated rings. The highest BCUT2D eigenvalue weighted by Gasteiger charge is 2.05. The normalized spacial score (nSPS) is 11.1. The van der Waals surface area contributed by atoms with Gasteiger partial charge < -0.3 is 9.88 Å². The Morgan fingerprint density at radius 1 is 1.26 bits per heavy atom. The van der Waals surface area contributed by atoms with Crippen LogP contribution in [0.3, 0.4) is 0 Å². The van der Waals surface area contributed by atoms with Crippen molar-refractivity contribution < 1.29 is 0 Å². The van der Waals surface area contributed by atoms with Gasteiger partial charge in [0.2, 0.25) is 5.95 Å². The molecule has 0 aliphatic rings. The summed E-state index contributed by atoms with van der Waals surface area (Å²) in [5.74, 6) is 0.894. The Balaban J connectivity index is 1.70.